The highest BCUT2D eigenvalue weighted by molar-refractivity contribution is 5.89. The Morgan fingerprint density at radius 1 is 1.05 bits per heavy atom. The van der Waals surface area contributed by atoms with E-state index in [1.807, 2.05) is 0 Å². The number of nitrogens with zero attached hydrogens (tertiary/aromatic N) is 3. The van der Waals surface area contributed by atoms with E-state index in [0.717, 1.165) is 0 Å². The minimum atomic E-state index is -1.32. The lowest BCUT2D eigenvalue weighted by Crippen LogP contribution is -2.61. The van der Waals surface area contributed by atoms with E-state index < -0.39 is 78.7 Å². The maximum absolute atomic E-state index is 12.9. The van der Waals surface area contributed by atoms with Crippen molar-refractivity contribution in [1.82, 2.24) is 0 Å². The Balaban J connectivity index is 1.94. The van der Waals surface area contributed by atoms with Crippen molar-refractivity contribution >= 4 is 17.7 Å². The third-order valence-corrected chi connectivity index (χ3v) is 6.74. The fourth-order valence-corrected chi connectivity index (χ4v) is 4.62. The van der Waals surface area contributed by atoms with Gasteiger partial charge < -0.3 is 33.5 Å². The van der Waals surface area contributed by atoms with Gasteiger partial charge in [-0.2, -0.15) is 0 Å². The zero-order valence-electron chi connectivity index (χ0n) is 21.8. The van der Waals surface area contributed by atoms with Gasteiger partial charge in [-0.1, -0.05) is 37.2 Å². The Kier molecular flexibility index (Phi) is 10.2. The van der Waals surface area contributed by atoms with Crippen molar-refractivity contribution in [3.63, 3.8) is 0 Å². The largest absolute Gasteiger partial charge is 0.463 e. The van der Waals surface area contributed by atoms with Crippen LogP contribution in [0, 0.1) is 11.8 Å². The first-order valence-corrected chi connectivity index (χ1v) is 12.2. The van der Waals surface area contributed by atoms with Gasteiger partial charge in [0, 0.05) is 24.9 Å². The molecule has 2 aliphatic rings. The summed E-state index contributed by atoms with van der Waals surface area (Å²) in [5.74, 6) is -2.99. The third-order valence-electron chi connectivity index (χ3n) is 6.74. The summed E-state index contributed by atoms with van der Waals surface area (Å²) in [6.45, 7) is 5.63. The first-order chi connectivity index (χ1) is 18.1. The molecule has 2 aliphatic heterocycles. The van der Waals surface area contributed by atoms with Crippen molar-refractivity contribution in [2.24, 2.45) is 17.0 Å². The van der Waals surface area contributed by atoms with Crippen LogP contribution >= 0.6 is 0 Å². The summed E-state index contributed by atoms with van der Waals surface area (Å²) in [4.78, 5) is 39.6. The first kappa shape index (κ1) is 29.5. The molecule has 0 spiro atoms. The Hall–Kier alpha value is -3.06. The van der Waals surface area contributed by atoms with E-state index in [2.05, 4.69) is 10.0 Å². The molecule has 0 radical (unpaired) electrons. The van der Waals surface area contributed by atoms with E-state index in [1.54, 1.807) is 44.2 Å². The van der Waals surface area contributed by atoms with Crippen LogP contribution in [0.1, 0.15) is 38.1 Å². The van der Waals surface area contributed by atoms with Crippen molar-refractivity contribution in [2.75, 3.05) is 13.7 Å². The Bertz CT molecular complexity index is 1030. The number of ketones is 1. The van der Waals surface area contributed by atoms with E-state index in [4.69, 9.17) is 34.0 Å². The van der Waals surface area contributed by atoms with E-state index in [9.17, 15) is 19.5 Å². The number of hydrogen-bond donors (Lipinski definition) is 1. The molecule has 0 aromatic heterocycles. The SMILES string of the molecule is CO[C@H]1OC(COC(C)=O)[C@@H](O[C@@H]2OC(C(C)=O)[C@@H](O)[C@H](C)C2OC(=O)c2ccccc2)[C@H](C)C1N=[N+]=[N-]. The second-order valence-corrected chi connectivity index (χ2v) is 9.36. The van der Waals surface area contributed by atoms with E-state index in [0.29, 0.717) is 0 Å². The lowest BCUT2D eigenvalue weighted by molar-refractivity contribution is -0.326. The number of carbonyl (C=O) groups excluding carboxylic acids is 3. The molecule has 0 aliphatic carbocycles. The van der Waals surface area contributed by atoms with Crippen molar-refractivity contribution in [1.29, 1.82) is 0 Å². The van der Waals surface area contributed by atoms with Crippen molar-refractivity contribution in [3.8, 4) is 0 Å². The average Bonchev–Trinajstić information content (AvgIpc) is 2.89. The summed E-state index contributed by atoms with van der Waals surface area (Å²) in [5, 5.41) is 14.6. The highest BCUT2D eigenvalue weighted by Crippen LogP contribution is 2.36. The second kappa shape index (κ2) is 13.1. The molecule has 208 valence electrons. The van der Waals surface area contributed by atoms with Gasteiger partial charge in [-0.15, -0.1) is 0 Å². The average molecular weight is 536 g/mol. The predicted octanol–water partition coefficient (Wildman–Crippen LogP) is 2.16. The molecule has 1 aromatic carbocycles. The highest BCUT2D eigenvalue weighted by Gasteiger charge is 2.52. The maximum atomic E-state index is 12.9. The van der Waals surface area contributed by atoms with Crippen LogP contribution in [0.4, 0.5) is 0 Å². The molecule has 0 amide bonds. The van der Waals surface area contributed by atoms with Crippen molar-refractivity contribution in [3.05, 3.63) is 46.3 Å². The second-order valence-electron chi connectivity index (χ2n) is 9.36. The van der Waals surface area contributed by atoms with Crippen LogP contribution in [0.5, 0.6) is 0 Å². The third kappa shape index (κ3) is 6.68. The van der Waals surface area contributed by atoms with Crippen LogP contribution in [-0.2, 0) is 38.0 Å². The Morgan fingerprint density at radius 2 is 1.74 bits per heavy atom. The van der Waals surface area contributed by atoms with Crippen molar-refractivity contribution < 1.29 is 47.9 Å². The number of rotatable bonds is 9. The molecule has 10 atom stereocenters. The number of aliphatic hydroxyl groups excluding tert-OH is 1. The van der Waals surface area contributed by atoms with Crippen LogP contribution in [0.15, 0.2) is 35.4 Å². The number of esters is 2. The molecule has 2 fully saturated rings. The van der Waals surface area contributed by atoms with E-state index in [-0.39, 0.29) is 12.2 Å². The molecule has 1 N–H and O–H groups in total. The molecule has 3 rings (SSSR count). The number of methoxy groups -OCH3 is 1. The molecule has 0 saturated carbocycles. The molecule has 4 unspecified atom stereocenters. The minimum Gasteiger partial charge on any atom is -0.463 e. The number of Topliss-reactive ketones (excluding diaryl/α,β-unsaturated/α-hetero) is 1. The van der Waals surface area contributed by atoms with Gasteiger partial charge in [0.2, 0.25) is 0 Å². The molecular weight excluding hydrogens is 502 g/mol. The molecule has 13 nitrogen and oxygen atoms in total. The number of aliphatic hydroxyl groups is 1. The van der Waals surface area contributed by atoms with Gasteiger partial charge in [0.25, 0.3) is 0 Å². The van der Waals surface area contributed by atoms with Gasteiger partial charge >= 0.3 is 11.9 Å². The van der Waals surface area contributed by atoms with Gasteiger partial charge in [0.05, 0.1) is 23.8 Å². The number of carbonyl (C=O) groups is 3. The van der Waals surface area contributed by atoms with Crippen LogP contribution < -0.4 is 0 Å². The molecule has 2 saturated heterocycles. The quantitative estimate of drug-likeness (QED) is 0.213. The molecule has 38 heavy (non-hydrogen) atoms. The summed E-state index contributed by atoms with van der Waals surface area (Å²) < 4.78 is 34.3. The molecule has 2 heterocycles. The van der Waals surface area contributed by atoms with Gasteiger partial charge in [-0.25, -0.2) is 4.79 Å². The summed E-state index contributed by atoms with van der Waals surface area (Å²) in [6.07, 6.45) is -7.74. The summed E-state index contributed by atoms with van der Waals surface area (Å²) >= 11 is 0. The van der Waals surface area contributed by atoms with E-state index >= 15 is 0 Å². The Morgan fingerprint density at radius 3 is 2.32 bits per heavy atom. The van der Waals surface area contributed by atoms with Crippen molar-refractivity contribution in [2.45, 2.75) is 76.8 Å². The number of hydrogen-bond acceptors (Lipinski definition) is 11. The number of ether oxygens (including phenoxy) is 6. The van der Waals surface area contributed by atoms with Crippen LogP contribution in [0.25, 0.3) is 10.4 Å². The monoisotopic (exact) mass is 535 g/mol. The highest BCUT2D eigenvalue weighted by atomic mass is 16.7. The summed E-state index contributed by atoms with van der Waals surface area (Å²) in [7, 11) is 1.38. The number of azide groups is 1. The minimum absolute atomic E-state index is 0.220. The van der Waals surface area contributed by atoms with Gasteiger partial charge in [0.1, 0.15) is 18.8 Å². The van der Waals surface area contributed by atoms with Gasteiger partial charge in [0.15, 0.2) is 24.5 Å². The van der Waals surface area contributed by atoms with Gasteiger partial charge in [-0.3, -0.25) is 9.59 Å². The summed E-state index contributed by atoms with van der Waals surface area (Å²) in [6, 6.07) is 7.41. The lowest BCUT2D eigenvalue weighted by atomic mass is 9.87. The molecular formula is C25H33N3O10. The normalized spacial score (nSPS) is 35.0. The maximum Gasteiger partial charge on any atom is 0.338 e. The van der Waals surface area contributed by atoms with Crippen LogP contribution in [0.2, 0.25) is 0 Å². The smallest absolute Gasteiger partial charge is 0.338 e. The Labute approximate surface area is 219 Å². The molecule has 1 aromatic rings. The zero-order valence-corrected chi connectivity index (χ0v) is 21.8. The van der Waals surface area contributed by atoms with Crippen LogP contribution in [0.3, 0.4) is 0 Å². The predicted molar refractivity (Wildman–Crippen MR) is 129 cm³/mol. The lowest BCUT2D eigenvalue weighted by Gasteiger charge is -2.47. The first-order valence-electron chi connectivity index (χ1n) is 12.2. The fraction of sp³-hybridized carbons (Fsp3) is 0.640. The standard InChI is InChI=1S/C25H33N3O10/c1-12-18(27-28-26)24(33-5)35-17(11-34-15(4)30)20(12)37-25-21(13(2)19(31)22(38-25)14(3)29)36-23(32)16-9-7-6-8-10-16/h6-10,12-13,17-22,24-25,31H,11H2,1-5H3/t12-,13+,17?,18?,19+,20+,21?,22?,24+,25-/m1/s1. The van der Waals surface area contributed by atoms with Crippen LogP contribution in [-0.4, -0.2) is 85.7 Å². The topological polar surface area (TPSA) is 176 Å². The molecule has 0 bridgehead atoms. The van der Waals surface area contributed by atoms with E-state index in [1.165, 1.54) is 21.0 Å². The van der Waals surface area contributed by atoms with Gasteiger partial charge in [-0.05, 0) is 30.5 Å². The summed E-state index contributed by atoms with van der Waals surface area (Å²) in [5.41, 5.74) is 9.37. The zero-order chi connectivity index (χ0) is 28.0. The molecule has 13 heteroatoms. The fourth-order valence-electron chi connectivity index (χ4n) is 4.62. The number of benzene rings is 1.